The van der Waals surface area contributed by atoms with E-state index in [0.717, 1.165) is 27.7 Å². The molecule has 0 bridgehead atoms. The van der Waals surface area contributed by atoms with Crippen molar-refractivity contribution in [2.24, 2.45) is 0 Å². The highest BCUT2D eigenvalue weighted by Gasteiger charge is 2.07. The molecule has 0 saturated heterocycles. The molecule has 0 aliphatic rings. The van der Waals surface area contributed by atoms with E-state index in [-0.39, 0.29) is 0 Å². The van der Waals surface area contributed by atoms with Gasteiger partial charge in [0.05, 0.1) is 24.1 Å². The minimum Gasteiger partial charge on any atom is -0.349 e. The van der Waals surface area contributed by atoms with Gasteiger partial charge in [0, 0.05) is 41.9 Å². The predicted molar refractivity (Wildman–Crippen MR) is 95.7 cm³/mol. The fourth-order valence-corrected chi connectivity index (χ4v) is 2.98. The smallest absolute Gasteiger partial charge is 0.223 e. The molecule has 25 heavy (non-hydrogen) atoms. The quantitative estimate of drug-likeness (QED) is 0.593. The van der Waals surface area contributed by atoms with Crippen molar-refractivity contribution in [1.29, 1.82) is 0 Å². The fraction of sp³-hybridized carbons (Fsp3) is 0.0588. The van der Waals surface area contributed by atoms with Gasteiger partial charge in [0.1, 0.15) is 10.7 Å². The van der Waals surface area contributed by atoms with Gasteiger partial charge in [0.2, 0.25) is 5.95 Å². The van der Waals surface area contributed by atoms with E-state index in [2.05, 4.69) is 35.2 Å². The van der Waals surface area contributed by atoms with Crippen molar-refractivity contribution < 1.29 is 0 Å². The third-order valence-electron chi connectivity index (χ3n) is 3.37. The van der Waals surface area contributed by atoms with Gasteiger partial charge in [0.15, 0.2) is 0 Å². The van der Waals surface area contributed by atoms with Gasteiger partial charge in [-0.2, -0.15) is 0 Å². The summed E-state index contributed by atoms with van der Waals surface area (Å²) in [6, 6.07) is 5.71. The maximum Gasteiger partial charge on any atom is 0.223 e. The summed E-state index contributed by atoms with van der Waals surface area (Å²) < 4.78 is 0. The van der Waals surface area contributed by atoms with E-state index in [1.54, 1.807) is 37.2 Å². The van der Waals surface area contributed by atoms with Crippen LogP contribution in [0.5, 0.6) is 0 Å². The van der Waals surface area contributed by atoms with Crippen molar-refractivity contribution in [3.8, 4) is 22.0 Å². The summed E-state index contributed by atoms with van der Waals surface area (Å²) in [5.41, 5.74) is 3.45. The number of hydrogen-bond donors (Lipinski definition) is 1. The van der Waals surface area contributed by atoms with Crippen LogP contribution in [0.2, 0.25) is 0 Å². The summed E-state index contributed by atoms with van der Waals surface area (Å²) in [5.74, 6) is 0.551. The number of hydrogen-bond acceptors (Lipinski definition) is 8. The van der Waals surface area contributed by atoms with Gasteiger partial charge in [-0.1, -0.05) is 0 Å². The molecule has 8 heteroatoms. The van der Waals surface area contributed by atoms with Gasteiger partial charge in [-0.3, -0.25) is 15.0 Å². The highest BCUT2D eigenvalue weighted by atomic mass is 32.1. The van der Waals surface area contributed by atoms with E-state index >= 15 is 0 Å². The van der Waals surface area contributed by atoms with E-state index in [1.165, 1.54) is 11.3 Å². The van der Waals surface area contributed by atoms with Crippen molar-refractivity contribution in [1.82, 2.24) is 29.9 Å². The Morgan fingerprint density at radius 1 is 0.880 bits per heavy atom. The van der Waals surface area contributed by atoms with Gasteiger partial charge in [0.25, 0.3) is 0 Å². The first-order valence-electron chi connectivity index (χ1n) is 7.56. The zero-order chi connectivity index (χ0) is 16.9. The lowest BCUT2D eigenvalue weighted by atomic mass is 10.2. The summed E-state index contributed by atoms with van der Waals surface area (Å²) in [5, 5.41) is 6.03. The standard InChI is InChI=1S/C17H13N7S/c1-2-12(8-18-4-1)14-3-5-21-17(24-14)22-9-13-11-25-16(23-13)15-10-19-6-7-20-15/h1-8,10-11H,9H2,(H,21,22,24). The summed E-state index contributed by atoms with van der Waals surface area (Å²) in [7, 11) is 0. The molecule has 122 valence electrons. The summed E-state index contributed by atoms with van der Waals surface area (Å²) in [4.78, 5) is 25.8. The Morgan fingerprint density at radius 3 is 2.68 bits per heavy atom. The molecule has 0 unspecified atom stereocenters. The Bertz CT molecular complexity index is 957. The molecule has 7 nitrogen and oxygen atoms in total. The average Bonchev–Trinajstić information content (AvgIpc) is 3.17. The van der Waals surface area contributed by atoms with Gasteiger partial charge in [-0.25, -0.2) is 15.0 Å². The zero-order valence-corrected chi connectivity index (χ0v) is 13.9. The second-order valence-electron chi connectivity index (χ2n) is 5.10. The van der Waals surface area contributed by atoms with Crippen molar-refractivity contribution in [2.45, 2.75) is 6.54 Å². The number of nitrogens with zero attached hydrogens (tertiary/aromatic N) is 6. The van der Waals surface area contributed by atoms with Crippen LogP contribution in [0.25, 0.3) is 22.0 Å². The largest absolute Gasteiger partial charge is 0.349 e. The van der Waals surface area contributed by atoms with Crippen LogP contribution < -0.4 is 5.32 Å². The summed E-state index contributed by atoms with van der Waals surface area (Å²) in [6.07, 6.45) is 10.2. The third-order valence-corrected chi connectivity index (χ3v) is 4.29. The summed E-state index contributed by atoms with van der Waals surface area (Å²) in [6.45, 7) is 0.535. The molecule has 4 aromatic heterocycles. The van der Waals surface area contributed by atoms with Crippen LogP contribution in [-0.2, 0) is 6.54 Å². The van der Waals surface area contributed by atoms with Gasteiger partial charge >= 0.3 is 0 Å². The lowest BCUT2D eigenvalue weighted by Gasteiger charge is -2.05. The van der Waals surface area contributed by atoms with Gasteiger partial charge in [-0.05, 0) is 18.2 Å². The fourth-order valence-electron chi connectivity index (χ4n) is 2.20. The molecule has 0 spiro atoms. The van der Waals surface area contributed by atoms with E-state index in [1.807, 2.05) is 23.6 Å². The normalized spacial score (nSPS) is 10.6. The second kappa shape index (κ2) is 7.10. The van der Waals surface area contributed by atoms with E-state index in [9.17, 15) is 0 Å². The SMILES string of the molecule is c1cncc(-c2ccnc(NCc3csc(-c4cnccn4)n3)n2)c1. The first kappa shape index (κ1) is 15.3. The van der Waals surface area contributed by atoms with E-state index in [4.69, 9.17) is 0 Å². The molecule has 0 fully saturated rings. The first-order valence-corrected chi connectivity index (χ1v) is 8.44. The Balaban J connectivity index is 1.46. The topological polar surface area (TPSA) is 89.4 Å². The predicted octanol–water partition coefficient (Wildman–Crippen LogP) is 3.06. The highest BCUT2D eigenvalue weighted by Crippen LogP contribution is 2.21. The number of anilines is 1. The zero-order valence-electron chi connectivity index (χ0n) is 13.1. The minimum absolute atomic E-state index is 0.535. The average molecular weight is 347 g/mol. The van der Waals surface area contributed by atoms with Crippen molar-refractivity contribution >= 4 is 17.3 Å². The maximum atomic E-state index is 4.56. The molecule has 0 aliphatic heterocycles. The minimum atomic E-state index is 0.535. The number of aromatic nitrogens is 6. The third kappa shape index (κ3) is 3.64. The molecule has 1 N–H and O–H groups in total. The Hall–Kier alpha value is -3.26. The monoisotopic (exact) mass is 347 g/mol. The number of pyridine rings is 1. The second-order valence-corrected chi connectivity index (χ2v) is 5.95. The molecular formula is C17H13N7S. The van der Waals surface area contributed by atoms with E-state index < -0.39 is 0 Å². The molecule has 0 radical (unpaired) electrons. The lowest BCUT2D eigenvalue weighted by Crippen LogP contribution is -2.04. The van der Waals surface area contributed by atoms with Crippen LogP contribution in [0, 0.1) is 0 Å². The van der Waals surface area contributed by atoms with Crippen molar-refractivity contribution in [2.75, 3.05) is 5.32 Å². The van der Waals surface area contributed by atoms with E-state index in [0.29, 0.717) is 12.5 Å². The van der Waals surface area contributed by atoms with Crippen molar-refractivity contribution in [3.05, 3.63) is 66.5 Å². The number of rotatable bonds is 5. The van der Waals surface area contributed by atoms with Gasteiger partial charge < -0.3 is 5.32 Å². The Morgan fingerprint density at radius 2 is 1.84 bits per heavy atom. The van der Waals surface area contributed by atoms with Crippen LogP contribution in [0.4, 0.5) is 5.95 Å². The molecule has 0 aromatic carbocycles. The molecule has 4 aromatic rings. The molecule has 0 atom stereocenters. The van der Waals surface area contributed by atoms with Crippen molar-refractivity contribution in [3.63, 3.8) is 0 Å². The molecular weight excluding hydrogens is 334 g/mol. The van der Waals surface area contributed by atoms with Crippen LogP contribution in [0.15, 0.2) is 60.8 Å². The Labute approximate surface area is 147 Å². The number of nitrogens with one attached hydrogen (secondary N) is 1. The molecule has 0 aliphatic carbocycles. The van der Waals surface area contributed by atoms with Crippen LogP contribution in [0.1, 0.15) is 5.69 Å². The summed E-state index contributed by atoms with van der Waals surface area (Å²) >= 11 is 1.54. The van der Waals surface area contributed by atoms with Gasteiger partial charge in [-0.15, -0.1) is 11.3 Å². The lowest BCUT2D eigenvalue weighted by molar-refractivity contribution is 1.02. The highest BCUT2D eigenvalue weighted by molar-refractivity contribution is 7.13. The molecule has 0 saturated carbocycles. The molecule has 0 amide bonds. The van der Waals surface area contributed by atoms with Crippen LogP contribution in [-0.4, -0.2) is 29.9 Å². The molecule has 4 rings (SSSR count). The van der Waals surface area contributed by atoms with Crippen LogP contribution >= 0.6 is 11.3 Å². The Kier molecular flexibility index (Phi) is 4.34. The molecule has 4 heterocycles. The first-order chi connectivity index (χ1) is 12.4. The van der Waals surface area contributed by atoms with Crippen LogP contribution in [0.3, 0.4) is 0 Å². The maximum absolute atomic E-state index is 4.56. The number of thiazole rings is 1.